The van der Waals surface area contributed by atoms with Gasteiger partial charge in [0, 0.05) is 0 Å². The van der Waals surface area contributed by atoms with E-state index in [0.717, 1.165) is 11.3 Å². The summed E-state index contributed by atoms with van der Waals surface area (Å²) in [7, 11) is -1.70. The van der Waals surface area contributed by atoms with Gasteiger partial charge in [-0.15, -0.1) is 0 Å². The Labute approximate surface area is 139 Å². The predicted octanol–water partition coefficient (Wildman–Crippen LogP) is 4.06. The number of carbonyl (C=O) groups excluding carboxylic acids is 1. The standard InChI is InChI=1S/C18H26O4Si/c1-5-20-18(19)16-12-11-15(22-23(2,3)4)13-21-17(16)14-9-7-6-8-10-14/h6-11,16-17H,5,12-13H2,1-4H3/t16-,17+/m1/s1. The molecule has 1 heterocycles. The maximum absolute atomic E-state index is 12.4. The van der Waals surface area contributed by atoms with E-state index in [1.54, 1.807) is 0 Å². The molecular weight excluding hydrogens is 308 g/mol. The molecule has 5 heteroatoms. The van der Waals surface area contributed by atoms with Crippen molar-refractivity contribution in [2.24, 2.45) is 5.92 Å². The lowest BCUT2D eigenvalue weighted by molar-refractivity contribution is -0.153. The Hall–Kier alpha value is -1.59. The minimum Gasteiger partial charge on any atom is -0.546 e. The van der Waals surface area contributed by atoms with Gasteiger partial charge in [-0.05, 0) is 44.6 Å². The molecule has 0 aliphatic carbocycles. The van der Waals surface area contributed by atoms with E-state index in [1.165, 1.54) is 0 Å². The van der Waals surface area contributed by atoms with Crippen molar-refractivity contribution in [3.8, 4) is 0 Å². The highest BCUT2D eigenvalue weighted by Crippen LogP contribution is 2.33. The number of hydrogen-bond acceptors (Lipinski definition) is 4. The monoisotopic (exact) mass is 334 g/mol. The van der Waals surface area contributed by atoms with E-state index >= 15 is 0 Å². The van der Waals surface area contributed by atoms with E-state index < -0.39 is 8.32 Å². The summed E-state index contributed by atoms with van der Waals surface area (Å²) in [5.41, 5.74) is 0.994. The highest BCUT2D eigenvalue weighted by atomic mass is 28.4. The molecule has 23 heavy (non-hydrogen) atoms. The van der Waals surface area contributed by atoms with Crippen LogP contribution in [0.4, 0.5) is 0 Å². The van der Waals surface area contributed by atoms with Crippen LogP contribution in [0.5, 0.6) is 0 Å². The van der Waals surface area contributed by atoms with E-state index in [0.29, 0.717) is 19.6 Å². The number of allylic oxidation sites excluding steroid dienone is 1. The molecule has 1 aliphatic heterocycles. The second-order valence-electron chi connectivity index (χ2n) is 6.62. The van der Waals surface area contributed by atoms with Crippen molar-refractivity contribution in [3.63, 3.8) is 0 Å². The third-order valence-corrected chi connectivity index (χ3v) is 4.40. The molecule has 0 unspecified atom stereocenters. The molecule has 4 nitrogen and oxygen atoms in total. The van der Waals surface area contributed by atoms with Gasteiger partial charge in [-0.25, -0.2) is 0 Å². The Morgan fingerprint density at radius 1 is 1.26 bits per heavy atom. The van der Waals surface area contributed by atoms with Crippen LogP contribution in [0.1, 0.15) is 25.0 Å². The summed E-state index contributed by atoms with van der Waals surface area (Å²) in [5, 5.41) is 0. The Kier molecular flexibility index (Phi) is 6.02. The Balaban J connectivity index is 2.22. The summed E-state index contributed by atoms with van der Waals surface area (Å²) in [6.07, 6.45) is 2.25. The molecule has 2 atom stereocenters. The Morgan fingerprint density at radius 3 is 2.57 bits per heavy atom. The summed E-state index contributed by atoms with van der Waals surface area (Å²) in [4.78, 5) is 12.4. The number of esters is 1. The number of carbonyl (C=O) groups is 1. The van der Waals surface area contributed by atoms with Crippen LogP contribution in [0.3, 0.4) is 0 Å². The van der Waals surface area contributed by atoms with Crippen LogP contribution in [0.2, 0.25) is 19.6 Å². The fourth-order valence-electron chi connectivity index (χ4n) is 2.63. The lowest BCUT2D eigenvalue weighted by atomic mass is 9.93. The lowest BCUT2D eigenvalue weighted by Crippen LogP contribution is -2.27. The number of rotatable bonds is 5. The van der Waals surface area contributed by atoms with E-state index in [-0.39, 0.29) is 18.0 Å². The molecule has 0 fully saturated rings. The van der Waals surface area contributed by atoms with Gasteiger partial charge in [0.05, 0.1) is 18.6 Å². The molecular formula is C18H26O4Si. The van der Waals surface area contributed by atoms with Gasteiger partial charge < -0.3 is 13.9 Å². The van der Waals surface area contributed by atoms with Crippen LogP contribution in [0, 0.1) is 5.92 Å². The number of hydrogen-bond donors (Lipinski definition) is 0. The second kappa shape index (κ2) is 7.79. The lowest BCUT2D eigenvalue weighted by Gasteiger charge is -2.24. The van der Waals surface area contributed by atoms with Crippen molar-refractivity contribution in [2.75, 3.05) is 13.2 Å². The minimum atomic E-state index is -1.70. The van der Waals surface area contributed by atoms with Crippen LogP contribution in [0.15, 0.2) is 42.2 Å². The van der Waals surface area contributed by atoms with Crippen LogP contribution < -0.4 is 0 Å². The van der Waals surface area contributed by atoms with Gasteiger partial charge in [-0.2, -0.15) is 0 Å². The highest BCUT2D eigenvalue weighted by molar-refractivity contribution is 6.70. The zero-order valence-corrected chi connectivity index (χ0v) is 15.4. The van der Waals surface area contributed by atoms with Gasteiger partial charge in [-0.1, -0.05) is 30.3 Å². The van der Waals surface area contributed by atoms with E-state index in [1.807, 2.05) is 43.3 Å². The molecule has 1 aromatic carbocycles. The van der Waals surface area contributed by atoms with Crippen LogP contribution in [-0.4, -0.2) is 27.5 Å². The van der Waals surface area contributed by atoms with Gasteiger partial charge in [0.1, 0.15) is 12.4 Å². The molecule has 0 saturated carbocycles. The van der Waals surface area contributed by atoms with Crippen molar-refractivity contribution < 1.29 is 18.7 Å². The summed E-state index contributed by atoms with van der Waals surface area (Å²) in [5.74, 6) is 0.267. The van der Waals surface area contributed by atoms with Crippen molar-refractivity contribution in [3.05, 3.63) is 47.7 Å². The van der Waals surface area contributed by atoms with Gasteiger partial charge in [0.15, 0.2) is 0 Å². The fourth-order valence-corrected chi connectivity index (χ4v) is 3.56. The van der Waals surface area contributed by atoms with E-state index in [2.05, 4.69) is 19.6 Å². The zero-order valence-electron chi connectivity index (χ0n) is 14.4. The topological polar surface area (TPSA) is 44.8 Å². The average molecular weight is 334 g/mol. The van der Waals surface area contributed by atoms with Gasteiger partial charge >= 0.3 is 5.97 Å². The Morgan fingerprint density at radius 2 is 1.96 bits per heavy atom. The van der Waals surface area contributed by atoms with Crippen molar-refractivity contribution in [1.29, 1.82) is 0 Å². The average Bonchev–Trinajstić information content (AvgIpc) is 2.69. The van der Waals surface area contributed by atoms with Gasteiger partial charge in [0.2, 0.25) is 8.32 Å². The summed E-state index contributed by atoms with van der Waals surface area (Å²) in [6.45, 7) is 8.99. The number of ether oxygens (including phenoxy) is 2. The van der Waals surface area contributed by atoms with E-state index in [9.17, 15) is 4.79 Å². The largest absolute Gasteiger partial charge is 0.546 e. The predicted molar refractivity (Wildman–Crippen MR) is 92.4 cm³/mol. The highest BCUT2D eigenvalue weighted by Gasteiger charge is 2.33. The first-order valence-corrected chi connectivity index (χ1v) is 11.5. The molecule has 0 N–H and O–H groups in total. The molecule has 0 aromatic heterocycles. The molecule has 0 radical (unpaired) electrons. The molecule has 0 saturated heterocycles. The first-order chi connectivity index (χ1) is 10.9. The van der Waals surface area contributed by atoms with Crippen LogP contribution in [-0.2, 0) is 18.7 Å². The Bertz CT molecular complexity index is 548. The first kappa shape index (κ1) is 17.8. The molecule has 2 rings (SSSR count). The molecule has 1 aliphatic rings. The fraction of sp³-hybridized carbons (Fsp3) is 0.500. The van der Waals surface area contributed by atoms with Gasteiger partial charge in [-0.3, -0.25) is 4.79 Å². The van der Waals surface area contributed by atoms with Gasteiger partial charge in [0.25, 0.3) is 0 Å². The third kappa shape index (κ3) is 5.22. The molecule has 0 amide bonds. The minimum absolute atomic E-state index is 0.216. The maximum atomic E-state index is 12.4. The SMILES string of the molecule is CCOC(=O)[C@@H]1CC=C(O[Si](C)(C)C)CO[C@H]1c1ccccc1. The molecule has 126 valence electrons. The summed E-state index contributed by atoms with van der Waals surface area (Å²) >= 11 is 0. The van der Waals surface area contributed by atoms with Crippen LogP contribution >= 0.6 is 0 Å². The molecule has 1 aromatic rings. The first-order valence-electron chi connectivity index (χ1n) is 8.12. The quantitative estimate of drug-likeness (QED) is 0.601. The second-order valence-corrected chi connectivity index (χ2v) is 11.1. The van der Waals surface area contributed by atoms with Crippen molar-refractivity contribution in [2.45, 2.75) is 39.1 Å². The van der Waals surface area contributed by atoms with Crippen molar-refractivity contribution in [1.82, 2.24) is 0 Å². The summed E-state index contributed by atoms with van der Waals surface area (Å²) in [6, 6.07) is 9.84. The smallest absolute Gasteiger partial charge is 0.312 e. The van der Waals surface area contributed by atoms with Crippen molar-refractivity contribution >= 4 is 14.3 Å². The van der Waals surface area contributed by atoms with E-state index in [4.69, 9.17) is 13.9 Å². The van der Waals surface area contributed by atoms with Crippen LogP contribution in [0.25, 0.3) is 0 Å². The molecule has 0 spiro atoms. The number of benzene rings is 1. The maximum Gasteiger partial charge on any atom is 0.312 e. The molecule has 0 bridgehead atoms. The normalized spacial score (nSPS) is 22.0. The third-order valence-electron chi connectivity index (χ3n) is 3.52. The summed E-state index contributed by atoms with van der Waals surface area (Å²) < 4.78 is 17.4. The zero-order chi connectivity index (χ0) is 16.9.